The third-order valence-corrected chi connectivity index (χ3v) is 8.42. The normalized spacial score (nSPS) is 32.9. The molecular formula is C28H44O2. The third kappa shape index (κ3) is 6.03. The van der Waals surface area contributed by atoms with E-state index >= 15 is 0 Å². The number of terminal acetylenes is 1. The van der Waals surface area contributed by atoms with E-state index in [-0.39, 0.29) is 5.92 Å². The summed E-state index contributed by atoms with van der Waals surface area (Å²) in [7, 11) is 0. The molecule has 2 nitrogen and oxygen atoms in total. The first-order chi connectivity index (χ1) is 14.2. The van der Waals surface area contributed by atoms with Crippen molar-refractivity contribution in [3.63, 3.8) is 0 Å². The Balaban J connectivity index is 2.16. The van der Waals surface area contributed by atoms with Gasteiger partial charge in [0, 0.05) is 6.42 Å². The average Bonchev–Trinajstić information content (AvgIpc) is 3.02. The first-order valence-corrected chi connectivity index (χ1v) is 12.2. The van der Waals surface area contributed by atoms with Gasteiger partial charge in [0.1, 0.15) is 0 Å². The Morgan fingerprint density at radius 3 is 2.60 bits per heavy atom. The van der Waals surface area contributed by atoms with Gasteiger partial charge in [-0.25, -0.2) is 0 Å². The molecule has 1 unspecified atom stereocenters. The molecule has 0 bridgehead atoms. The molecule has 0 spiro atoms. The van der Waals surface area contributed by atoms with Crippen LogP contribution in [-0.2, 0) is 4.79 Å². The van der Waals surface area contributed by atoms with E-state index in [2.05, 4.69) is 46.6 Å². The molecule has 2 heteroatoms. The molecule has 2 saturated carbocycles. The van der Waals surface area contributed by atoms with Crippen molar-refractivity contribution in [2.75, 3.05) is 0 Å². The van der Waals surface area contributed by atoms with Crippen LogP contribution in [0.15, 0.2) is 23.8 Å². The van der Waals surface area contributed by atoms with Crippen molar-refractivity contribution in [2.24, 2.45) is 40.9 Å². The number of carbonyl (C=O) groups is 1. The molecule has 6 atom stereocenters. The van der Waals surface area contributed by atoms with Gasteiger partial charge in [-0.3, -0.25) is 4.79 Å². The first kappa shape index (κ1) is 24.8. The van der Waals surface area contributed by atoms with E-state index in [1.165, 1.54) is 44.1 Å². The van der Waals surface area contributed by atoms with Crippen LogP contribution in [0.5, 0.6) is 0 Å². The highest BCUT2D eigenvalue weighted by molar-refractivity contribution is 5.67. The summed E-state index contributed by atoms with van der Waals surface area (Å²) < 4.78 is 0. The molecule has 2 fully saturated rings. The van der Waals surface area contributed by atoms with Crippen molar-refractivity contribution in [2.45, 2.75) is 92.4 Å². The number of hydrogen-bond donors (Lipinski definition) is 1. The molecule has 0 saturated heterocycles. The Morgan fingerprint density at radius 1 is 1.23 bits per heavy atom. The van der Waals surface area contributed by atoms with Gasteiger partial charge in [0.05, 0.1) is 0 Å². The summed E-state index contributed by atoms with van der Waals surface area (Å²) in [6, 6.07) is 0. The van der Waals surface area contributed by atoms with Gasteiger partial charge in [0.15, 0.2) is 0 Å². The van der Waals surface area contributed by atoms with Crippen LogP contribution in [0.25, 0.3) is 0 Å². The molecule has 0 amide bonds. The zero-order valence-corrected chi connectivity index (χ0v) is 20.0. The van der Waals surface area contributed by atoms with Gasteiger partial charge in [-0.1, -0.05) is 70.6 Å². The van der Waals surface area contributed by atoms with Crippen LogP contribution in [0, 0.1) is 53.3 Å². The highest BCUT2D eigenvalue weighted by Crippen LogP contribution is 2.62. The number of fused-ring (bicyclic) bond motifs is 1. The SMILES string of the molecule is C#C/C=C\C/C=C(/C)[C@H]1CC[C@]2(C)[C@@H](C(C)CCCC(C)C)CC[C@H]2[C@@H]1CC(=O)O. The molecule has 1 N–H and O–H groups in total. The molecule has 30 heavy (non-hydrogen) atoms. The van der Waals surface area contributed by atoms with Gasteiger partial charge in [-0.15, -0.1) is 6.42 Å². The molecule has 0 aromatic heterocycles. The second-order valence-corrected chi connectivity index (χ2v) is 10.8. The molecule has 168 valence electrons. The Labute approximate surface area is 185 Å². The van der Waals surface area contributed by atoms with Crippen molar-refractivity contribution in [1.82, 2.24) is 0 Å². The summed E-state index contributed by atoms with van der Waals surface area (Å²) in [4.78, 5) is 11.8. The van der Waals surface area contributed by atoms with Crippen LogP contribution in [0.3, 0.4) is 0 Å². The molecule has 0 aromatic carbocycles. The fraction of sp³-hybridized carbons (Fsp3) is 0.750. The molecular weight excluding hydrogens is 368 g/mol. The highest BCUT2D eigenvalue weighted by atomic mass is 16.4. The second kappa shape index (κ2) is 11.2. The summed E-state index contributed by atoms with van der Waals surface area (Å²) >= 11 is 0. The summed E-state index contributed by atoms with van der Waals surface area (Å²) in [6.45, 7) is 11.8. The van der Waals surface area contributed by atoms with E-state index in [9.17, 15) is 9.90 Å². The Hall–Kier alpha value is -1.49. The molecule has 2 rings (SSSR count). The Morgan fingerprint density at radius 2 is 1.97 bits per heavy atom. The Bertz CT molecular complexity index is 665. The van der Waals surface area contributed by atoms with Crippen LogP contribution in [0.1, 0.15) is 92.4 Å². The minimum Gasteiger partial charge on any atom is -0.481 e. The lowest BCUT2D eigenvalue weighted by atomic mass is 9.54. The van der Waals surface area contributed by atoms with E-state index in [1.807, 2.05) is 6.08 Å². The van der Waals surface area contributed by atoms with E-state index < -0.39 is 5.97 Å². The summed E-state index contributed by atoms with van der Waals surface area (Å²) in [5.74, 6) is 5.37. The number of rotatable bonds is 10. The third-order valence-electron chi connectivity index (χ3n) is 8.42. The van der Waals surface area contributed by atoms with Crippen molar-refractivity contribution in [1.29, 1.82) is 0 Å². The van der Waals surface area contributed by atoms with Gasteiger partial charge < -0.3 is 5.11 Å². The molecule has 2 aliphatic carbocycles. The highest BCUT2D eigenvalue weighted by Gasteiger charge is 2.55. The lowest BCUT2D eigenvalue weighted by Crippen LogP contribution is -2.43. The molecule has 0 aromatic rings. The fourth-order valence-electron chi connectivity index (χ4n) is 6.91. The maximum atomic E-state index is 11.8. The maximum absolute atomic E-state index is 11.8. The van der Waals surface area contributed by atoms with Gasteiger partial charge in [-0.2, -0.15) is 0 Å². The summed E-state index contributed by atoms with van der Waals surface area (Å²) in [6.07, 6.45) is 21.3. The quantitative estimate of drug-likeness (QED) is 0.298. The van der Waals surface area contributed by atoms with Gasteiger partial charge in [0.2, 0.25) is 0 Å². The van der Waals surface area contributed by atoms with Crippen molar-refractivity contribution in [3.05, 3.63) is 23.8 Å². The molecule has 0 radical (unpaired) electrons. The lowest BCUT2D eigenvalue weighted by molar-refractivity contribution is -0.140. The fourth-order valence-corrected chi connectivity index (χ4v) is 6.91. The largest absolute Gasteiger partial charge is 0.481 e. The molecule has 2 aliphatic rings. The molecule has 0 aliphatic heterocycles. The average molecular weight is 413 g/mol. The maximum Gasteiger partial charge on any atom is 0.303 e. The summed E-state index contributed by atoms with van der Waals surface area (Å²) in [5.41, 5.74) is 1.66. The van der Waals surface area contributed by atoms with Gasteiger partial charge in [0.25, 0.3) is 0 Å². The number of carboxylic acids is 1. The monoisotopic (exact) mass is 412 g/mol. The zero-order chi connectivity index (χ0) is 22.3. The number of aliphatic carboxylic acids is 1. The van der Waals surface area contributed by atoms with Crippen molar-refractivity contribution < 1.29 is 9.90 Å². The first-order valence-electron chi connectivity index (χ1n) is 12.2. The molecule has 0 heterocycles. The summed E-state index contributed by atoms with van der Waals surface area (Å²) in [5, 5.41) is 9.71. The van der Waals surface area contributed by atoms with E-state index in [0.29, 0.717) is 23.7 Å². The predicted octanol–water partition coefficient (Wildman–Crippen LogP) is 7.51. The number of allylic oxidation sites excluding steroid dienone is 4. The van der Waals surface area contributed by atoms with Gasteiger partial charge >= 0.3 is 5.97 Å². The van der Waals surface area contributed by atoms with E-state index in [4.69, 9.17) is 6.42 Å². The van der Waals surface area contributed by atoms with Crippen LogP contribution >= 0.6 is 0 Å². The lowest BCUT2D eigenvalue weighted by Gasteiger charge is -2.50. The minimum absolute atomic E-state index is 0.266. The Kier molecular flexibility index (Phi) is 9.27. The van der Waals surface area contributed by atoms with Crippen molar-refractivity contribution in [3.8, 4) is 12.3 Å². The zero-order valence-electron chi connectivity index (χ0n) is 20.0. The number of hydrogen-bond acceptors (Lipinski definition) is 1. The van der Waals surface area contributed by atoms with Crippen LogP contribution in [-0.4, -0.2) is 11.1 Å². The second-order valence-electron chi connectivity index (χ2n) is 10.8. The smallest absolute Gasteiger partial charge is 0.303 e. The topological polar surface area (TPSA) is 37.3 Å². The predicted molar refractivity (Wildman–Crippen MR) is 127 cm³/mol. The van der Waals surface area contributed by atoms with Crippen LogP contribution in [0.4, 0.5) is 0 Å². The number of carboxylic acid groups (broad SMARTS) is 1. The van der Waals surface area contributed by atoms with Crippen LogP contribution in [0.2, 0.25) is 0 Å². The van der Waals surface area contributed by atoms with Crippen molar-refractivity contribution >= 4 is 5.97 Å². The standard InChI is InChI=1S/C28H44O2/c1-7-8-9-10-13-21(4)23-17-18-28(6)25(22(5)14-11-12-20(2)3)15-16-26(28)24(23)19-27(29)30/h1,8-9,13,20,22-26H,10-12,14-19H2,2-6H3,(H,29,30)/b9-8-,21-13-/t22?,23-,24-,25-,26+,28-/m1/s1. The van der Waals surface area contributed by atoms with E-state index in [1.54, 1.807) is 6.08 Å². The van der Waals surface area contributed by atoms with E-state index in [0.717, 1.165) is 30.6 Å². The van der Waals surface area contributed by atoms with Crippen LogP contribution < -0.4 is 0 Å². The minimum atomic E-state index is -0.636. The van der Waals surface area contributed by atoms with Gasteiger partial charge in [-0.05, 0) is 86.0 Å².